The van der Waals surface area contributed by atoms with E-state index in [0.29, 0.717) is 21.8 Å². The monoisotopic (exact) mass is 316 g/mol. The third-order valence-corrected chi connectivity index (χ3v) is 3.29. The summed E-state index contributed by atoms with van der Waals surface area (Å²) in [5.41, 5.74) is 1.79. The molecule has 3 aromatic rings. The zero-order valence-corrected chi connectivity index (χ0v) is 12.3. The molecule has 0 atom stereocenters. The Morgan fingerprint density at radius 1 is 0.857 bits per heavy atom. The smallest absolute Gasteiger partial charge is 0.248 e. The quantitative estimate of drug-likeness (QED) is 0.665. The van der Waals surface area contributed by atoms with Gasteiger partial charge in [0.2, 0.25) is 11.8 Å². The van der Waals surface area contributed by atoms with Crippen LogP contribution >= 0.6 is 23.2 Å². The van der Waals surface area contributed by atoms with Gasteiger partial charge in [-0.1, -0.05) is 41.4 Å². The molecule has 0 amide bonds. The third-order valence-electron chi connectivity index (χ3n) is 2.80. The van der Waals surface area contributed by atoms with E-state index in [2.05, 4.69) is 10.2 Å². The van der Waals surface area contributed by atoms with Crippen LogP contribution in [-0.2, 0) is 0 Å². The molecular formula is C16H10Cl2N2O. The van der Waals surface area contributed by atoms with Crippen LogP contribution in [0.1, 0.15) is 11.5 Å². The molecule has 0 unspecified atom stereocenters. The summed E-state index contributed by atoms with van der Waals surface area (Å²) in [7, 11) is 0. The predicted molar refractivity (Wildman–Crippen MR) is 85.1 cm³/mol. The highest BCUT2D eigenvalue weighted by molar-refractivity contribution is 6.31. The Morgan fingerprint density at radius 3 is 2.43 bits per heavy atom. The van der Waals surface area contributed by atoms with Gasteiger partial charge in [-0.05, 0) is 42.0 Å². The molecule has 3 nitrogen and oxygen atoms in total. The zero-order chi connectivity index (χ0) is 14.7. The summed E-state index contributed by atoms with van der Waals surface area (Å²) in [6.45, 7) is 0. The van der Waals surface area contributed by atoms with Crippen molar-refractivity contribution in [1.82, 2.24) is 10.2 Å². The SMILES string of the molecule is Clc1ccc(/C=C/c2nnc(-c3cccc(Cl)c3)o2)cc1. The number of rotatable bonds is 3. The van der Waals surface area contributed by atoms with Crippen LogP contribution < -0.4 is 0 Å². The molecule has 1 heterocycles. The topological polar surface area (TPSA) is 38.9 Å². The van der Waals surface area contributed by atoms with Gasteiger partial charge in [-0.3, -0.25) is 0 Å². The summed E-state index contributed by atoms with van der Waals surface area (Å²) in [6, 6.07) is 14.8. The number of halogens is 2. The molecule has 0 aliphatic heterocycles. The molecule has 0 radical (unpaired) electrons. The van der Waals surface area contributed by atoms with E-state index in [1.165, 1.54) is 0 Å². The molecular weight excluding hydrogens is 307 g/mol. The van der Waals surface area contributed by atoms with Gasteiger partial charge >= 0.3 is 0 Å². The summed E-state index contributed by atoms with van der Waals surface area (Å²) < 4.78 is 5.58. The van der Waals surface area contributed by atoms with Gasteiger partial charge in [-0.15, -0.1) is 10.2 Å². The van der Waals surface area contributed by atoms with Gasteiger partial charge in [0.05, 0.1) is 0 Å². The lowest BCUT2D eigenvalue weighted by Gasteiger charge is -1.94. The second-order valence-corrected chi connectivity index (χ2v) is 5.21. The largest absolute Gasteiger partial charge is 0.417 e. The molecule has 0 fully saturated rings. The van der Waals surface area contributed by atoms with Crippen molar-refractivity contribution in [3.8, 4) is 11.5 Å². The van der Waals surface area contributed by atoms with Crippen LogP contribution in [0.2, 0.25) is 10.0 Å². The van der Waals surface area contributed by atoms with Gasteiger partial charge in [-0.2, -0.15) is 0 Å². The highest BCUT2D eigenvalue weighted by Gasteiger charge is 2.06. The Balaban J connectivity index is 1.80. The van der Waals surface area contributed by atoms with Crippen molar-refractivity contribution in [2.24, 2.45) is 0 Å². The molecule has 0 spiro atoms. The fourth-order valence-electron chi connectivity index (χ4n) is 1.78. The standard InChI is InChI=1S/C16H10Cl2N2O/c17-13-7-4-11(5-8-13)6-9-15-19-20-16(21-15)12-2-1-3-14(18)10-12/h1-10H/b9-6+. The summed E-state index contributed by atoms with van der Waals surface area (Å²) >= 11 is 11.8. The van der Waals surface area contributed by atoms with Gasteiger partial charge in [0.15, 0.2) is 0 Å². The minimum atomic E-state index is 0.430. The Labute approximate surface area is 131 Å². The molecule has 0 N–H and O–H groups in total. The van der Waals surface area contributed by atoms with Crippen LogP contribution in [0.4, 0.5) is 0 Å². The van der Waals surface area contributed by atoms with Gasteiger partial charge in [-0.25, -0.2) is 0 Å². The van der Waals surface area contributed by atoms with Crippen LogP contribution in [-0.4, -0.2) is 10.2 Å². The molecule has 104 valence electrons. The van der Waals surface area contributed by atoms with E-state index < -0.39 is 0 Å². The Hall–Kier alpha value is -2.10. The second-order valence-electron chi connectivity index (χ2n) is 4.34. The minimum absolute atomic E-state index is 0.430. The van der Waals surface area contributed by atoms with Crippen LogP contribution in [0.3, 0.4) is 0 Å². The van der Waals surface area contributed by atoms with Crippen molar-refractivity contribution in [3.05, 3.63) is 70.0 Å². The first-order valence-electron chi connectivity index (χ1n) is 6.24. The highest BCUT2D eigenvalue weighted by Crippen LogP contribution is 2.22. The van der Waals surface area contributed by atoms with E-state index in [-0.39, 0.29) is 0 Å². The first kappa shape index (κ1) is 13.9. The van der Waals surface area contributed by atoms with E-state index in [9.17, 15) is 0 Å². The summed E-state index contributed by atoms with van der Waals surface area (Å²) in [5, 5.41) is 9.32. The average Bonchev–Trinajstić information content (AvgIpc) is 2.96. The molecule has 2 aromatic carbocycles. The van der Waals surface area contributed by atoms with E-state index >= 15 is 0 Å². The molecule has 3 rings (SSSR count). The maximum absolute atomic E-state index is 5.94. The minimum Gasteiger partial charge on any atom is -0.417 e. The van der Waals surface area contributed by atoms with E-state index in [0.717, 1.165) is 11.1 Å². The zero-order valence-electron chi connectivity index (χ0n) is 10.8. The molecule has 5 heteroatoms. The first-order chi connectivity index (χ1) is 10.2. The Morgan fingerprint density at radius 2 is 1.67 bits per heavy atom. The van der Waals surface area contributed by atoms with E-state index in [1.54, 1.807) is 18.2 Å². The molecule has 0 aliphatic carbocycles. The van der Waals surface area contributed by atoms with Crippen molar-refractivity contribution in [3.63, 3.8) is 0 Å². The van der Waals surface area contributed by atoms with Crippen molar-refractivity contribution in [2.75, 3.05) is 0 Å². The van der Waals surface area contributed by atoms with E-state index in [1.807, 2.05) is 42.5 Å². The van der Waals surface area contributed by atoms with Gasteiger partial charge < -0.3 is 4.42 Å². The van der Waals surface area contributed by atoms with Crippen molar-refractivity contribution < 1.29 is 4.42 Å². The normalized spacial score (nSPS) is 11.1. The highest BCUT2D eigenvalue weighted by atomic mass is 35.5. The molecule has 21 heavy (non-hydrogen) atoms. The fourth-order valence-corrected chi connectivity index (χ4v) is 2.10. The molecule has 0 saturated carbocycles. The number of hydrogen-bond donors (Lipinski definition) is 0. The number of nitrogens with zero attached hydrogens (tertiary/aromatic N) is 2. The van der Waals surface area contributed by atoms with Gasteiger partial charge in [0, 0.05) is 21.7 Å². The van der Waals surface area contributed by atoms with Crippen LogP contribution in [0.25, 0.3) is 23.6 Å². The summed E-state index contributed by atoms with van der Waals surface area (Å²) in [6.07, 6.45) is 3.63. The van der Waals surface area contributed by atoms with Crippen molar-refractivity contribution >= 4 is 35.4 Å². The van der Waals surface area contributed by atoms with E-state index in [4.69, 9.17) is 27.6 Å². The maximum atomic E-state index is 5.94. The number of aromatic nitrogens is 2. The Bertz CT molecular complexity index is 779. The molecule has 0 aliphatic rings. The summed E-state index contributed by atoms with van der Waals surface area (Å²) in [4.78, 5) is 0. The summed E-state index contributed by atoms with van der Waals surface area (Å²) in [5.74, 6) is 0.869. The lowest BCUT2D eigenvalue weighted by molar-refractivity contribution is 0.558. The van der Waals surface area contributed by atoms with Gasteiger partial charge in [0.1, 0.15) is 0 Å². The van der Waals surface area contributed by atoms with Gasteiger partial charge in [0.25, 0.3) is 0 Å². The molecule has 1 aromatic heterocycles. The lowest BCUT2D eigenvalue weighted by atomic mass is 10.2. The second kappa shape index (κ2) is 6.12. The number of hydrogen-bond acceptors (Lipinski definition) is 3. The van der Waals surface area contributed by atoms with Crippen LogP contribution in [0.5, 0.6) is 0 Å². The molecule has 0 saturated heterocycles. The van der Waals surface area contributed by atoms with Crippen molar-refractivity contribution in [2.45, 2.75) is 0 Å². The number of benzene rings is 2. The lowest BCUT2D eigenvalue weighted by Crippen LogP contribution is -1.76. The fraction of sp³-hybridized carbons (Fsp3) is 0. The first-order valence-corrected chi connectivity index (χ1v) is 6.99. The van der Waals surface area contributed by atoms with Crippen LogP contribution in [0.15, 0.2) is 52.9 Å². The molecule has 0 bridgehead atoms. The Kier molecular flexibility index (Phi) is 4.04. The predicted octanol–water partition coefficient (Wildman–Crippen LogP) is 5.21. The third kappa shape index (κ3) is 3.51. The van der Waals surface area contributed by atoms with Crippen molar-refractivity contribution in [1.29, 1.82) is 0 Å². The maximum Gasteiger partial charge on any atom is 0.248 e. The average molecular weight is 317 g/mol. The van der Waals surface area contributed by atoms with Crippen LogP contribution in [0, 0.1) is 0 Å².